The Morgan fingerprint density at radius 2 is 2.14 bits per heavy atom. The molecule has 2 aromatic rings. The molecule has 1 aromatic carbocycles. The summed E-state index contributed by atoms with van der Waals surface area (Å²) in [4.78, 5) is 10.9. The summed E-state index contributed by atoms with van der Waals surface area (Å²) in [5, 5.41) is 10.5. The van der Waals surface area contributed by atoms with Crippen molar-refractivity contribution in [2.45, 2.75) is 31.4 Å². The Kier molecular flexibility index (Phi) is 4.53. The van der Waals surface area contributed by atoms with Crippen LogP contribution in [0.15, 0.2) is 42.6 Å². The van der Waals surface area contributed by atoms with E-state index in [0.717, 1.165) is 24.9 Å². The molecule has 1 fully saturated rings. The predicted molar refractivity (Wildman–Crippen MR) is 85.0 cm³/mol. The summed E-state index contributed by atoms with van der Waals surface area (Å²) in [6.45, 7) is 0.916. The summed E-state index contributed by atoms with van der Waals surface area (Å²) in [5.41, 5.74) is 0.959. The number of aliphatic hydroxyl groups is 1. The number of rotatable bonds is 5. The third kappa shape index (κ3) is 3.20. The SMILES string of the molecule is COc1ccnc(N2CCC[C@H]2C[C@@H](O)c2ccccc2)n1. The summed E-state index contributed by atoms with van der Waals surface area (Å²) >= 11 is 0. The molecular weight excluding hydrogens is 278 g/mol. The van der Waals surface area contributed by atoms with Crippen molar-refractivity contribution in [2.24, 2.45) is 0 Å². The van der Waals surface area contributed by atoms with Crippen molar-refractivity contribution in [3.8, 4) is 5.88 Å². The van der Waals surface area contributed by atoms with Crippen molar-refractivity contribution in [1.82, 2.24) is 9.97 Å². The standard InChI is InChI=1S/C17H21N3O2/c1-22-16-9-10-18-17(19-16)20-11-5-8-14(20)12-15(21)13-6-3-2-4-7-13/h2-4,6-7,9-10,14-15,21H,5,8,11-12H2,1H3/t14-,15+/m0/s1. The van der Waals surface area contributed by atoms with E-state index in [1.807, 2.05) is 30.3 Å². The van der Waals surface area contributed by atoms with E-state index in [1.165, 1.54) is 0 Å². The number of aliphatic hydroxyl groups excluding tert-OH is 1. The molecule has 0 radical (unpaired) electrons. The number of methoxy groups -OCH3 is 1. The number of aromatic nitrogens is 2. The summed E-state index contributed by atoms with van der Waals surface area (Å²) < 4.78 is 5.17. The molecule has 1 aliphatic heterocycles. The first-order valence-corrected chi connectivity index (χ1v) is 7.64. The normalized spacial score (nSPS) is 19.2. The van der Waals surface area contributed by atoms with Crippen LogP contribution in [-0.2, 0) is 0 Å². The van der Waals surface area contributed by atoms with Crippen molar-refractivity contribution in [3.63, 3.8) is 0 Å². The van der Waals surface area contributed by atoms with Crippen LogP contribution in [0.3, 0.4) is 0 Å². The van der Waals surface area contributed by atoms with E-state index < -0.39 is 6.10 Å². The lowest BCUT2D eigenvalue weighted by molar-refractivity contribution is 0.158. The molecule has 1 N–H and O–H groups in total. The van der Waals surface area contributed by atoms with Crippen molar-refractivity contribution in [3.05, 3.63) is 48.2 Å². The molecule has 1 saturated heterocycles. The molecule has 0 spiro atoms. The van der Waals surface area contributed by atoms with Gasteiger partial charge in [-0.25, -0.2) is 4.98 Å². The van der Waals surface area contributed by atoms with Crippen LogP contribution in [0.4, 0.5) is 5.95 Å². The van der Waals surface area contributed by atoms with Gasteiger partial charge in [0.15, 0.2) is 0 Å². The number of hydrogen-bond donors (Lipinski definition) is 1. The van der Waals surface area contributed by atoms with Gasteiger partial charge in [0.25, 0.3) is 0 Å². The quantitative estimate of drug-likeness (QED) is 0.919. The number of benzene rings is 1. The summed E-state index contributed by atoms with van der Waals surface area (Å²) in [5.74, 6) is 1.25. The molecule has 0 saturated carbocycles. The zero-order chi connectivity index (χ0) is 15.4. The van der Waals surface area contributed by atoms with E-state index in [0.29, 0.717) is 18.2 Å². The minimum absolute atomic E-state index is 0.252. The molecule has 1 aliphatic rings. The van der Waals surface area contributed by atoms with E-state index >= 15 is 0 Å². The Hall–Kier alpha value is -2.14. The Morgan fingerprint density at radius 3 is 2.91 bits per heavy atom. The fourth-order valence-electron chi connectivity index (χ4n) is 3.00. The highest BCUT2D eigenvalue weighted by atomic mass is 16.5. The van der Waals surface area contributed by atoms with Gasteiger partial charge in [0.1, 0.15) is 0 Å². The van der Waals surface area contributed by atoms with Gasteiger partial charge in [-0.3, -0.25) is 0 Å². The Balaban J connectivity index is 1.73. The molecular formula is C17H21N3O2. The van der Waals surface area contributed by atoms with E-state index in [1.54, 1.807) is 19.4 Å². The van der Waals surface area contributed by atoms with E-state index in [-0.39, 0.29) is 6.04 Å². The van der Waals surface area contributed by atoms with Crippen LogP contribution >= 0.6 is 0 Å². The molecule has 0 aliphatic carbocycles. The monoisotopic (exact) mass is 299 g/mol. The number of anilines is 1. The zero-order valence-electron chi connectivity index (χ0n) is 12.7. The molecule has 22 heavy (non-hydrogen) atoms. The molecule has 0 bridgehead atoms. The van der Waals surface area contributed by atoms with Gasteiger partial charge >= 0.3 is 0 Å². The lowest BCUT2D eigenvalue weighted by atomic mass is 10.0. The molecule has 3 rings (SSSR count). The Labute approximate surface area is 130 Å². The second-order valence-electron chi connectivity index (χ2n) is 5.55. The van der Waals surface area contributed by atoms with Crippen molar-refractivity contribution in [2.75, 3.05) is 18.6 Å². The molecule has 2 heterocycles. The number of ether oxygens (including phenoxy) is 1. The minimum Gasteiger partial charge on any atom is -0.481 e. The van der Waals surface area contributed by atoms with Gasteiger partial charge in [0, 0.05) is 24.8 Å². The van der Waals surface area contributed by atoms with Crippen LogP contribution in [0.2, 0.25) is 0 Å². The van der Waals surface area contributed by atoms with Crippen LogP contribution in [0.25, 0.3) is 0 Å². The third-order valence-electron chi connectivity index (χ3n) is 4.14. The fraction of sp³-hybridized carbons (Fsp3) is 0.412. The van der Waals surface area contributed by atoms with Gasteiger partial charge < -0.3 is 14.7 Å². The average molecular weight is 299 g/mol. The van der Waals surface area contributed by atoms with Crippen molar-refractivity contribution < 1.29 is 9.84 Å². The topological polar surface area (TPSA) is 58.5 Å². The summed E-state index contributed by atoms with van der Waals surface area (Å²) in [6.07, 6.45) is 4.07. The molecule has 0 amide bonds. The van der Waals surface area contributed by atoms with E-state index in [9.17, 15) is 5.11 Å². The first kappa shape index (κ1) is 14.8. The van der Waals surface area contributed by atoms with Gasteiger partial charge in [0.05, 0.1) is 13.2 Å². The maximum absolute atomic E-state index is 10.5. The van der Waals surface area contributed by atoms with Gasteiger partial charge in [0.2, 0.25) is 11.8 Å². The van der Waals surface area contributed by atoms with Crippen LogP contribution in [0, 0.1) is 0 Å². The average Bonchev–Trinajstić information content (AvgIpc) is 3.04. The van der Waals surface area contributed by atoms with Gasteiger partial charge in [-0.1, -0.05) is 30.3 Å². The highest BCUT2D eigenvalue weighted by Gasteiger charge is 2.29. The summed E-state index contributed by atoms with van der Waals surface area (Å²) in [7, 11) is 1.60. The zero-order valence-corrected chi connectivity index (χ0v) is 12.7. The molecule has 2 atom stereocenters. The molecule has 5 nitrogen and oxygen atoms in total. The predicted octanol–water partition coefficient (Wildman–Crippen LogP) is 2.58. The highest BCUT2D eigenvalue weighted by molar-refractivity contribution is 5.35. The molecule has 0 unspecified atom stereocenters. The van der Waals surface area contributed by atoms with Gasteiger partial charge in [-0.2, -0.15) is 4.98 Å². The molecule has 5 heteroatoms. The van der Waals surface area contributed by atoms with Crippen LogP contribution < -0.4 is 9.64 Å². The largest absolute Gasteiger partial charge is 0.481 e. The lowest BCUT2D eigenvalue weighted by Gasteiger charge is -2.26. The number of hydrogen-bond acceptors (Lipinski definition) is 5. The van der Waals surface area contributed by atoms with Gasteiger partial charge in [-0.05, 0) is 24.8 Å². The maximum atomic E-state index is 10.5. The van der Waals surface area contributed by atoms with E-state index in [4.69, 9.17) is 4.74 Å². The highest BCUT2D eigenvalue weighted by Crippen LogP contribution is 2.30. The fourth-order valence-corrected chi connectivity index (χ4v) is 3.00. The minimum atomic E-state index is -0.461. The number of nitrogens with zero attached hydrogens (tertiary/aromatic N) is 3. The van der Waals surface area contributed by atoms with Crippen molar-refractivity contribution in [1.29, 1.82) is 0 Å². The van der Waals surface area contributed by atoms with Crippen LogP contribution in [0.5, 0.6) is 5.88 Å². The first-order chi connectivity index (χ1) is 10.8. The first-order valence-electron chi connectivity index (χ1n) is 7.64. The molecule has 116 valence electrons. The Bertz CT molecular complexity index is 606. The van der Waals surface area contributed by atoms with E-state index in [2.05, 4.69) is 14.9 Å². The van der Waals surface area contributed by atoms with Crippen LogP contribution in [-0.4, -0.2) is 34.8 Å². The lowest BCUT2D eigenvalue weighted by Crippen LogP contribution is -2.32. The maximum Gasteiger partial charge on any atom is 0.228 e. The second-order valence-corrected chi connectivity index (χ2v) is 5.55. The van der Waals surface area contributed by atoms with Crippen LogP contribution in [0.1, 0.15) is 30.9 Å². The van der Waals surface area contributed by atoms with Crippen molar-refractivity contribution >= 4 is 5.95 Å². The molecule has 1 aromatic heterocycles. The Morgan fingerprint density at radius 1 is 1.32 bits per heavy atom. The smallest absolute Gasteiger partial charge is 0.228 e. The summed E-state index contributed by atoms with van der Waals surface area (Å²) in [6, 6.07) is 11.8. The van der Waals surface area contributed by atoms with Gasteiger partial charge in [-0.15, -0.1) is 0 Å². The third-order valence-corrected chi connectivity index (χ3v) is 4.14. The second kappa shape index (κ2) is 6.75.